The first-order valence-electron chi connectivity index (χ1n) is 7.65. The maximum absolute atomic E-state index is 12.7. The van der Waals surface area contributed by atoms with Crippen molar-refractivity contribution in [2.24, 2.45) is 0 Å². The van der Waals surface area contributed by atoms with Gasteiger partial charge in [0.15, 0.2) is 0 Å². The first kappa shape index (κ1) is 17.7. The number of hydrogen-bond acceptors (Lipinski definition) is 3. The van der Waals surface area contributed by atoms with Gasteiger partial charge in [0.2, 0.25) is 0 Å². The van der Waals surface area contributed by atoms with Crippen molar-refractivity contribution in [1.82, 2.24) is 10.2 Å². The molecule has 128 valence electrons. The third-order valence-electron chi connectivity index (χ3n) is 4.22. The van der Waals surface area contributed by atoms with Crippen molar-refractivity contribution in [3.8, 4) is 0 Å². The number of carboxylic acid groups (broad SMARTS) is 1. The van der Waals surface area contributed by atoms with Crippen LogP contribution in [-0.4, -0.2) is 41.1 Å². The van der Waals surface area contributed by atoms with Crippen LogP contribution in [0, 0.1) is 0 Å². The van der Waals surface area contributed by atoms with E-state index >= 15 is 0 Å². The van der Waals surface area contributed by atoms with E-state index in [1.54, 1.807) is 6.07 Å². The van der Waals surface area contributed by atoms with Crippen LogP contribution in [0.25, 0.3) is 0 Å². The highest BCUT2D eigenvalue weighted by atomic mass is 19.4. The molecule has 0 saturated heterocycles. The van der Waals surface area contributed by atoms with E-state index in [9.17, 15) is 18.0 Å². The number of halogens is 3. The van der Waals surface area contributed by atoms with Crippen molar-refractivity contribution in [3.05, 3.63) is 35.4 Å². The number of hydrogen-bond donors (Lipinski definition) is 2. The lowest BCUT2D eigenvalue weighted by Crippen LogP contribution is -2.53. The summed E-state index contributed by atoms with van der Waals surface area (Å²) in [6.45, 7) is 3.01. The van der Waals surface area contributed by atoms with Crippen molar-refractivity contribution in [2.45, 2.75) is 44.6 Å². The molecule has 0 bridgehead atoms. The van der Waals surface area contributed by atoms with Crippen molar-refractivity contribution in [3.63, 3.8) is 0 Å². The standard InChI is InChI=1S/C16H21F3N2O2/c1-2-21(10-15(22)23)14-7-13(8-14)20-9-11-4-3-5-12(6-11)16(17,18)19/h3-6,13-14,20H,2,7-10H2,1H3,(H,22,23). The third kappa shape index (κ3) is 4.94. The van der Waals surface area contributed by atoms with Crippen molar-refractivity contribution in [1.29, 1.82) is 0 Å². The van der Waals surface area contributed by atoms with Gasteiger partial charge in [-0.25, -0.2) is 0 Å². The maximum Gasteiger partial charge on any atom is 0.416 e. The minimum absolute atomic E-state index is 0.0293. The Kier molecular flexibility index (Phi) is 5.64. The smallest absolute Gasteiger partial charge is 0.416 e. The minimum atomic E-state index is -4.32. The van der Waals surface area contributed by atoms with Gasteiger partial charge >= 0.3 is 12.1 Å². The second-order valence-electron chi connectivity index (χ2n) is 5.86. The Morgan fingerprint density at radius 2 is 2.09 bits per heavy atom. The number of carbonyl (C=O) groups is 1. The third-order valence-corrected chi connectivity index (χ3v) is 4.22. The molecule has 4 nitrogen and oxygen atoms in total. The van der Waals surface area contributed by atoms with Gasteiger partial charge in [0.25, 0.3) is 0 Å². The van der Waals surface area contributed by atoms with Gasteiger partial charge in [-0.05, 0) is 31.0 Å². The van der Waals surface area contributed by atoms with E-state index in [4.69, 9.17) is 5.11 Å². The van der Waals surface area contributed by atoms with Gasteiger partial charge in [-0.3, -0.25) is 9.69 Å². The summed E-state index contributed by atoms with van der Waals surface area (Å²) in [5.74, 6) is -0.841. The molecule has 0 spiro atoms. The molecule has 0 aromatic heterocycles. The van der Waals surface area contributed by atoms with E-state index < -0.39 is 17.7 Å². The van der Waals surface area contributed by atoms with Crippen LogP contribution < -0.4 is 5.32 Å². The summed E-state index contributed by atoms with van der Waals surface area (Å²) in [7, 11) is 0. The topological polar surface area (TPSA) is 52.6 Å². The normalized spacial score (nSPS) is 21.3. The second kappa shape index (κ2) is 7.31. The van der Waals surface area contributed by atoms with Crippen LogP contribution in [0.2, 0.25) is 0 Å². The van der Waals surface area contributed by atoms with Crippen molar-refractivity contribution in [2.75, 3.05) is 13.1 Å². The summed E-state index contributed by atoms with van der Waals surface area (Å²) in [6, 6.07) is 5.75. The number of aliphatic carboxylic acids is 1. The maximum atomic E-state index is 12.7. The lowest BCUT2D eigenvalue weighted by Gasteiger charge is -2.42. The fraction of sp³-hybridized carbons (Fsp3) is 0.562. The van der Waals surface area contributed by atoms with E-state index in [0.29, 0.717) is 18.7 Å². The van der Waals surface area contributed by atoms with Gasteiger partial charge < -0.3 is 10.4 Å². The molecule has 1 saturated carbocycles. The van der Waals surface area contributed by atoms with Gasteiger partial charge in [0.05, 0.1) is 12.1 Å². The van der Waals surface area contributed by atoms with Crippen LogP contribution in [0.1, 0.15) is 30.9 Å². The molecule has 23 heavy (non-hydrogen) atoms. The van der Waals surface area contributed by atoms with Crippen LogP contribution in [0.15, 0.2) is 24.3 Å². The molecule has 0 aliphatic heterocycles. The van der Waals surface area contributed by atoms with E-state index in [2.05, 4.69) is 5.32 Å². The number of likely N-dealkylation sites (N-methyl/N-ethyl adjacent to an activating group) is 1. The lowest BCUT2D eigenvalue weighted by atomic mass is 9.85. The zero-order chi connectivity index (χ0) is 17.0. The number of rotatable bonds is 7. The zero-order valence-corrected chi connectivity index (χ0v) is 12.9. The number of nitrogens with one attached hydrogen (secondary N) is 1. The van der Waals surface area contributed by atoms with Crippen molar-refractivity contribution >= 4 is 5.97 Å². The van der Waals surface area contributed by atoms with Gasteiger partial charge in [-0.2, -0.15) is 13.2 Å². The Labute approximate surface area is 133 Å². The number of alkyl halides is 3. The van der Waals surface area contributed by atoms with E-state index in [0.717, 1.165) is 25.0 Å². The largest absolute Gasteiger partial charge is 0.480 e. The zero-order valence-electron chi connectivity index (χ0n) is 12.9. The summed E-state index contributed by atoms with van der Waals surface area (Å²) < 4.78 is 38.0. The first-order valence-corrected chi connectivity index (χ1v) is 7.65. The molecule has 1 aliphatic carbocycles. The molecule has 2 N–H and O–H groups in total. The fourth-order valence-corrected chi connectivity index (χ4v) is 2.85. The lowest BCUT2D eigenvalue weighted by molar-refractivity contribution is -0.139. The molecule has 0 amide bonds. The molecule has 1 fully saturated rings. The van der Waals surface area contributed by atoms with Crippen LogP contribution in [0.3, 0.4) is 0 Å². The molecule has 1 aromatic carbocycles. The first-order chi connectivity index (χ1) is 10.8. The summed E-state index contributed by atoms with van der Waals surface area (Å²) in [5, 5.41) is 12.1. The summed E-state index contributed by atoms with van der Waals surface area (Å²) in [5.41, 5.74) is -0.0388. The Morgan fingerprint density at radius 3 is 2.65 bits per heavy atom. The van der Waals surface area contributed by atoms with Gasteiger partial charge in [0, 0.05) is 18.6 Å². The number of carboxylic acids is 1. The average molecular weight is 330 g/mol. The van der Waals surface area contributed by atoms with E-state index in [1.165, 1.54) is 6.07 Å². The quantitative estimate of drug-likeness (QED) is 0.807. The highest BCUT2D eigenvalue weighted by molar-refractivity contribution is 5.69. The number of benzene rings is 1. The van der Waals surface area contributed by atoms with Gasteiger partial charge in [-0.15, -0.1) is 0 Å². The molecule has 0 heterocycles. The molecule has 0 atom stereocenters. The monoisotopic (exact) mass is 330 g/mol. The predicted octanol–water partition coefficient (Wildman–Crippen LogP) is 2.73. The van der Waals surface area contributed by atoms with Crippen LogP contribution >= 0.6 is 0 Å². The summed E-state index contributed by atoms with van der Waals surface area (Å²) in [6.07, 6.45) is -2.68. The Morgan fingerprint density at radius 1 is 1.39 bits per heavy atom. The Balaban J connectivity index is 1.80. The van der Waals surface area contributed by atoms with Crippen molar-refractivity contribution < 1.29 is 23.1 Å². The molecular formula is C16H21F3N2O2. The van der Waals surface area contributed by atoms with Crippen LogP contribution in [0.4, 0.5) is 13.2 Å². The number of nitrogens with zero attached hydrogens (tertiary/aromatic N) is 1. The molecule has 2 rings (SSSR count). The SMILES string of the molecule is CCN(CC(=O)O)C1CC(NCc2cccc(C(F)(F)F)c2)C1. The molecule has 7 heteroatoms. The molecule has 0 radical (unpaired) electrons. The van der Waals surface area contributed by atoms with Gasteiger partial charge in [0.1, 0.15) is 0 Å². The highest BCUT2D eigenvalue weighted by Crippen LogP contribution is 2.30. The van der Waals surface area contributed by atoms with Crippen LogP contribution in [0.5, 0.6) is 0 Å². The molecular weight excluding hydrogens is 309 g/mol. The van der Waals surface area contributed by atoms with E-state index in [1.807, 2.05) is 11.8 Å². The van der Waals surface area contributed by atoms with E-state index in [-0.39, 0.29) is 18.6 Å². The summed E-state index contributed by atoms with van der Waals surface area (Å²) in [4.78, 5) is 12.7. The average Bonchev–Trinajstić information content (AvgIpc) is 2.43. The predicted molar refractivity (Wildman–Crippen MR) is 80.0 cm³/mol. The highest BCUT2D eigenvalue weighted by Gasteiger charge is 2.34. The minimum Gasteiger partial charge on any atom is -0.480 e. The second-order valence-corrected chi connectivity index (χ2v) is 5.86. The van der Waals surface area contributed by atoms with Gasteiger partial charge in [-0.1, -0.05) is 25.1 Å². The fourth-order valence-electron chi connectivity index (χ4n) is 2.85. The molecule has 0 unspecified atom stereocenters. The molecule has 1 aromatic rings. The Hall–Kier alpha value is -1.60. The Bertz CT molecular complexity index is 542. The summed E-state index contributed by atoms with van der Waals surface area (Å²) >= 11 is 0. The molecule has 1 aliphatic rings. The van der Waals surface area contributed by atoms with Crippen LogP contribution in [-0.2, 0) is 17.5 Å².